The zero-order valence-electron chi connectivity index (χ0n) is 11.9. The Bertz CT molecular complexity index is 570. The molecule has 112 valence electrons. The van der Waals surface area contributed by atoms with Gasteiger partial charge in [0, 0.05) is 19.2 Å². The molecular weight excluding hydrogens is 276 g/mol. The molecule has 1 fully saturated rings. The van der Waals surface area contributed by atoms with E-state index in [2.05, 4.69) is 4.72 Å². The molecule has 0 bridgehead atoms. The van der Waals surface area contributed by atoms with Gasteiger partial charge in [-0.25, -0.2) is 13.1 Å². The van der Waals surface area contributed by atoms with Crippen molar-refractivity contribution in [2.24, 2.45) is 5.73 Å². The van der Waals surface area contributed by atoms with E-state index in [1.807, 2.05) is 13.8 Å². The smallest absolute Gasteiger partial charge is 0.241 e. The number of ether oxygens (including phenoxy) is 1. The first-order valence-electron chi connectivity index (χ1n) is 6.78. The van der Waals surface area contributed by atoms with Crippen LogP contribution in [0.1, 0.15) is 32.3 Å². The first-order chi connectivity index (χ1) is 9.34. The Morgan fingerprint density at radius 2 is 2.10 bits per heavy atom. The minimum Gasteiger partial charge on any atom is -0.375 e. The molecule has 0 aliphatic carbocycles. The third-order valence-electron chi connectivity index (χ3n) is 3.50. The molecule has 1 saturated heterocycles. The zero-order chi connectivity index (χ0) is 14.8. The summed E-state index contributed by atoms with van der Waals surface area (Å²) in [7, 11) is -3.54. The second-order valence-electron chi connectivity index (χ2n) is 5.73. The number of hydrogen-bond acceptors (Lipinski definition) is 4. The third-order valence-corrected chi connectivity index (χ3v) is 5.12. The van der Waals surface area contributed by atoms with E-state index in [4.69, 9.17) is 10.5 Å². The highest BCUT2D eigenvalue weighted by Crippen LogP contribution is 2.25. The molecule has 0 amide bonds. The van der Waals surface area contributed by atoms with Crippen molar-refractivity contribution >= 4 is 10.0 Å². The van der Waals surface area contributed by atoms with Crippen LogP contribution in [-0.4, -0.2) is 26.7 Å². The highest BCUT2D eigenvalue weighted by Gasteiger charge is 2.32. The van der Waals surface area contributed by atoms with Crippen molar-refractivity contribution in [2.75, 3.05) is 6.61 Å². The average molecular weight is 298 g/mol. The van der Waals surface area contributed by atoms with E-state index in [1.165, 1.54) is 0 Å². The van der Waals surface area contributed by atoms with Crippen LogP contribution in [0.25, 0.3) is 0 Å². The summed E-state index contributed by atoms with van der Waals surface area (Å²) in [5.41, 5.74) is 5.95. The van der Waals surface area contributed by atoms with Gasteiger partial charge in [0.25, 0.3) is 0 Å². The molecule has 3 N–H and O–H groups in total. The number of nitrogens with one attached hydrogen (secondary N) is 1. The van der Waals surface area contributed by atoms with Gasteiger partial charge in [0.1, 0.15) is 0 Å². The molecule has 20 heavy (non-hydrogen) atoms. The Balaban J connectivity index is 2.19. The Labute approximate surface area is 120 Å². The van der Waals surface area contributed by atoms with E-state index in [-0.39, 0.29) is 23.1 Å². The number of hydrogen-bond donors (Lipinski definition) is 2. The Kier molecular flexibility index (Phi) is 4.49. The van der Waals surface area contributed by atoms with E-state index in [0.717, 1.165) is 0 Å². The summed E-state index contributed by atoms with van der Waals surface area (Å²) in [4.78, 5) is 0.270. The highest BCUT2D eigenvalue weighted by molar-refractivity contribution is 7.89. The molecule has 1 aromatic carbocycles. The van der Waals surface area contributed by atoms with Crippen molar-refractivity contribution < 1.29 is 13.2 Å². The van der Waals surface area contributed by atoms with Crippen LogP contribution in [0.5, 0.6) is 0 Å². The van der Waals surface area contributed by atoms with Crippen LogP contribution >= 0.6 is 0 Å². The molecule has 1 atom stereocenters. The molecule has 2 rings (SSSR count). The van der Waals surface area contributed by atoms with Crippen LogP contribution < -0.4 is 10.5 Å². The molecule has 1 aromatic rings. The lowest BCUT2D eigenvalue weighted by Crippen LogP contribution is -2.45. The van der Waals surface area contributed by atoms with Crippen molar-refractivity contribution in [3.05, 3.63) is 29.8 Å². The Hall–Kier alpha value is -0.950. The van der Waals surface area contributed by atoms with Gasteiger partial charge in [-0.05, 0) is 38.3 Å². The molecule has 1 heterocycles. The van der Waals surface area contributed by atoms with Crippen LogP contribution in [0.4, 0.5) is 0 Å². The molecule has 6 heteroatoms. The molecule has 0 spiro atoms. The summed E-state index contributed by atoms with van der Waals surface area (Å²) < 4.78 is 33.4. The van der Waals surface area contributed by atoms with Crippen LogP contribution in [0.15, 0.2) is 29.2 Å². The maximum atomic E-state index is 12.5. The first-order valence-corrected chi connectivity index (χ1v) is 8.27. The van der Waals surface area contributed by atoms with E-state index in [1.54, 1.807) is 24.3 Å². The second kappa shape index (κ2) is 5.81. The SMILES string of the molecule is CC1(C)CC(NS(=O)(=O)c2ccccc2CN)CCO1. The van der Waals surface area contributed by atoms with Gasteiger partial charge >= 0.3 is 0 Å². The van der Waals surface area contributed by atoms with Gasteiger partial charge in [0.15, 0.2) is 0 Å². The third kappa shape index (κ3) is 3.58. The normalized spacial score (nSPS) is 22.6. The predicted molar refractivity (Wildman–Crippen MR) is 77.7 cm³/mol. The van der Waals surface area contributed by atoms with Crippen molar-refractivity contribution in [2.45, 2.75) is 49.8 Å². The fraction of sp³-hybridized carbons (Fsp3) is 0.571. The van der Waals surface area contributed by atoms with E-state index in [0.29, 0.717) is 25.0 Å². The molecule has 5 nitrogen and oxygen atoms in total. The summed E-state index contributed by atoms with van der Waals surface area (Å²) in [6, 6.07) is 6.73. The molecule has 0 aromatic heterocycles. The molecule has 1 aliphatic rings. The fourth-order valence-corrected chi connectivity index (χ4v) is 4.07. The quantitative estimate of drug-likeness (QED) is 0.880. The second-order valence-corrected chi connectivity index (χ2v) is 7.41. The maximum absolute atomic E-state index is 12.5. The summed E-state index contributed by atoms with van der Waals surface area (Å²) in [6.07, 6.45) is 1.35. The lowest BCUT2D eigenvalue weighted by Gasteiger charge is -2.35. The monoisotopic (exact) mass is 298 g/mol. The van der Waals surface area contributed by atoms with E-state index in [9.17, 15) is 8.42 Å². The van der Waals surface area contributed by atoms with E-state index < -0.39 is 10.0 Å². The average Bonchev–Trinajstić information content (AvgIpc) is 2.37. The maximum Gasteiger partial charge on any atom is 0.241 e. The van der Waals surface area contributed by atoms with E-state index >= 15 is 0 Å². The topological polar surface area (TPSA) is 81.4 Å². The van der Waals surface area contributed by atoms with Gasteiger partial charge in [-0.1, -0.05) is 18.2 Å². The Morgan fingerprint density at radius 3 is 2.75 bits per heavy atom. The molecule has 1 aliphatic heterocycles. The molecular formula is C14H22N2O3S. The number of sulfonamides is 1. The first kappa shape index (κ1) is 15.4. The minimum atomic E-state index is -3.54. The lowest BCUT2D eigenvalue weighted by atomic mass is 9.95. The van der Waals surface area contributed by atoms with Crippen LogP contribution in [0.2, 0.25) is 0 Å². The van der Waals surface area contributed by atoms with Crippen molar-refractivity contribution in [1.82, 2.24) is 4.72 Å². The predicted octanol–water partition coefficient (Wildman–Crippen LogP) is 1.38. The van der Waals surface area contributed by atoms with Crippen LogP contribution in [0.3, 0.4) is 0 Å². The zero-order valence-corrected chi connectivity index (χ0v) is 12.7. The van der Waals surface area contributed by atoms with Gasteiger partial charge in [0.05, 0.1) is 10.5 Å². The van der Waals surface area contributed by atoms with Gasteiger partial charge in [-0.15, -0.1) is 0 Å². The number of benzene rings is 1. The van der Waals surface area contributed by atoms with Crippen molar-refractivity contribution in [1.29, 1.82) is 0 Å². The largest absolute Gasteiger partial charge is 0.375 e. The molecule has 0 saturated carbocycles. The summed E-state index contributed by atoms with van der Waals surface area (Å²) in [5.74, 6) is 0. The van der Waals surface area contributed by atoms with Crippen LogP contribution in [0, 0.1) is 0 Å². The van der Waals surface area contributed by atoms with Gasteiger partial charge < -0.3 is 10.5 Å². The minimum absolute atomic E-state index is 0.102. The number of rotatable bonds is 4. The van der Waals surface area contributed by atoms with Gasteiger partial charge in [-0.2, -0.15) is 0 Å². The Morgan fingerprint density at radius 1 is 1.40 bits per heavy atom. The summed E-state index contributed by atoms with van der Waals surface area (Å²) >= 11 is 0. The fourth-order valence-electron chi connectivity index (χ4n) is 2.55. The lowest BCUT2D eigenvalue weighted by molar-refractivity contribution is -0.0599. The van der Waals surface area contributed by atoms with Gasteiger partial charge in [-0.3, -0.25) is 0 Å². The molecule has 0 radical (unpaired) electrons. The highest BCUT2D eigenvalue weighted by atomic mass is 32.2. The number of nitrogens with two attached hydrogens (primary N) is 1. The summed E-state index contributed by atoms with van der Waals surface area (Å²) in [6.45, 7) is 4.72. The standard InChI is InChI=1S/C14H22N2O3S/c1-14(2)9-12(7-8-19-14)16-20(17,18)13-6-4-3-5-11(13)10-15/h3-6,12,16H,7-10,15H2,1-2H3. The van der Waals surface area contributed by atoms with Crippen molar-refractivity contribution in [3.8, 4) is 0 Å². The summed E-state index contributed by atoms with van der Waals surface area (Å²) in [5, 5.41) is 0. The molecule has 1 unspecified atom stereocenters. The van der Waals surface area contributed by atoms with Crippen molar-refractivity contribution in [3.63, 3.8) is 0 Å². The van der Waals surface area contributed by atoms with Crippen LogP contribution in [-0.2, 0) is 21.3 Å². The van der Waals surface area contributed by atoms with Gasteiger partial charge in [0.2, 0.25) is 10.0 Å².